The topological polar surface area (TPSA) is 191 Å². The second kappa shape index (κ2) is 18.5. The van der Waals surface area contributed by atoms with Crippen LogP contribution >= 0.6 is 0 Å². The molecule has 2 aliphatic heterocycles. The molecule has 1 unspecified atom stereocenters. The number of unbranched alkanes of at least 4 members (excludes halogenated alkanes) is 5. The highest BCUT2D eigenvalue weighted by Crippen LogP contribution is 2.35. The first kappa shape index (κ1) is 42.2. The SMILES string of the molecule is CN(CCCCCCCCC(=O)Nc1ccc2c(c1)C(=O)N(C1CCC(=O)NC1=O)C2=O)CC[C@@H](c1ccccc1)n1cc(NC(=O)c2n[nH]c3c2CCC(C)(C)C3)cn1. The van der Waals surface area contributed by atoms with E-state index in [0.717, 1.165) is 99.0 Å². The maximum Gasteiger partial charge on any atom is 0.276 e. The van der Waals surface area contributed by atoms with Crippen molar-refractivity contribution in [3.05, 3.63) is 94.6 Å². The summed E-state index contributed by atoms with van der Waals surface area (Å²) in [5.74, 6) is -2.67. The first-order chi connectivity index (χ1) is 28.9. The van der Waals surface area contributed by atoms with Crippen LogP contribution in [0.3, 0.4) is 0 Å². The Balaban J connectivity index is 0.798. The van der Waals surface area contributed by atoms with Crippen LogP contribution in [-0.2, 0) is 27.2 Å². The molecule has 60 heavy (non-hydrogen) atoms. The molecule has 15 nitrogen and oxygen atoms in total. The number of hydrogen-bond acceptors (Lipinski definition) is 9. The number of carbonyl (C=O) groups excluding carboxylic acids is 6. The molecule has 4 N–H and O–H groups in total. The Morgan fingerprint density at radius 1 is 0.900 bits per heavy atom. The van der Waals surface area contributed by atoms with Gasteiger partial charge in [0.1, 0.15) is 6.04 Å². The van der Waals surface area contributed by atoms with Crippen molar-refractivity contribution in [2.75, 3.05) is 30.8 Å². The molecule has 0 radical (unpaired) electrons. The number of aromatic nitrogens is 4. The number of H-pyrrole nitrogens is 1. The predicted octanol–water partition coefficient (Wildman–Crippen LogP) is 6.06. The summed E-state index contributed by atoms with van der Waals surface area (Å²) in [5, 5.41) is 20.2. The molecular weight excluding hydrogens is 763 g/mol. The van der Waals surface area contributed by atoms with Crippen molar-refractivity contribution < 1.29 is 28.8 Å². The fourth-order valence-electron chi connectivity index (χ4n) is 8.53. The van der Waals surface area contributed by atoms with Gasteiger partial charge in [0.2, 0.25) is 17.7 Å². The molecule has 7 rings (SSSR count). The number of anilines is 2. The van der Waals surface area contributed by atoms with Gasteiger partial charge in [0.05, 0.1) is 29.1 Å². The number of nitrogens with zero attached hydrogens (tertiary/aromatic N) is 5. The van der Waals surface area contributed by atoms with Gasteiger partial charge in [-0.15, -0.1) is 0 Å². The summed E-state index contributed by atoms with van der Waals surface area (Å²) >= 11 is 0. The van der Waals surface area contributed by atoms with Gasteiger partial charge in [-0.3, -0.25) is 48.8 Å². The van der Waals surface area contributed by atoms with Crippen molar-refractivity contribution >= 4 is 46.8 Å². The van der Waals surface area contributed by atoms with Crippen LogP contribution in [0.15, 0.2) is 60.9 Å². The van der Waals surface area contributed by atoms with E-state index in [1.807, 2.05) is 29.1 Å². The normalized spacial score (nSPS) is 17.7. The molecule has 1 fully saturated rings. The van der Waals surface area contributed by atoms with Crippen molar-refractivity contribution in [2.45, 2.75) is 109 Å². The maximum atomic E-state index is 13.3. The number of piperidine rings is 1. The first-order valence-electron chi connectivity index (χ1n) is 21.2. The minimum Gasteiger partial charge on any atom is -0.326 e. The van der Waals surface area contributed by atoms with Crippen LogP contribution in [0, 0.1) is 5.41 Å². The van der Waals surface area contributed by atoms with E-state index < -0.39 is 29.7 Å². The lowest BCUT2D eigenvalue weighted by atomic mass is 9.76. The molecule has 15 heteroatoms. The third-order valence-corrected chi connectivity index (χ3v) is 11.9. The monoisotopic (exact) mass is 817 g/mol. The van der Waals surface area contributed by atoms with Crippen molar-refractivity contribution in [3.63, 3.8) is 0 Å². The zero-order valence-corrected chi connectivity index (χ0v) is 34.7. The summed E-state index contributed by atoms with van der Waals surface area (Å²) in [7, 11) is 2.14. The standard InChI is InChI=1S/C45H55N9O6/c1-45(2)22-20-33-35(26-45)50-51-40(33)42(58)48-31-27-46-53(28-31)36(29-13-9-8-10-14-29)21-24-52(3)23-12-7-5-4-6-11-15-38(55)47-30-16-17-32-34(25-30)44(60)54(43(32)59)37-18-19-39(56)49-41(37)57/h8-10,13-14,16-17,25,27-28,36-37H,4-7,11-12,15,18-24,26H2,1-3H3,(H,47,55)(H,48,58)(H,50,51)(H,49,56,57)/t36-,37?/m0/s1. The number of rotatable bonds is 18. The van der Waals surface area contributed by atoms with E-state index in [4.69, 9.17) is 0 Å². The first-order valence-corrected chi connectivity index (χ1v) is 21.2. The number of nitrogens with one attached hydrogen (secondary N) is 4. The number of benzene rings is 2. The summed E-state index contributed by atoms with van der Waals surface area (Å²) in [6, 6.07) is 13.8. The number of carbonyl (C=O) groups is 6. The van der Waals surface area contributed by atoms with Crippen LogP contribution in [0.5, 0.6) is 0 Å². The van der Waals surface area contributed by atoms with Crippen LogP contribution in [0.25, 0.3) is 0 Å². The van der Waals surface area contributed by atoms with E-state index in [1.165, 1.54) is 12.1 Å². The molecule has 3 aliphatic rings. The van der Waals surface area contributed by atoms with Gasteiger partial charge >= 0.3 is 0 Å². The Bertz CT molecular complexity index is 2250. The van der Waals surface area contributed by atoms with Gasteiger partial charge in [0.25, 0.3) is 17.7 Å². The lowest BCUT2D eigenvalue weighted by molar-refractivity contribution is -0.136. The molecule has 2 aromatic heterocycles. The van der Waals surface area contributed by atoms with E-state index >= 15 is 0 Å². The molecule has 316 valence electrons. The van der Waals surface area contributed by atoms with Gasteiger partial charge in [-0.25, -0.2) is 0 Å². The number of hydrogen-bond donors (Lipinski definition) is 4. The summed E-state index contributed by atoms with van der Waals surface area (Å²) in [5.41, 5.74) is 5.24. The average Bonchev–Trinajstić information content (AvgIpc) is 3.92. The van der Waals surface area contributed by atoms with E-state index in [-0.39, 0.29) is 47.2 Å². The van der Waals surface area contributed by atoms with Gasteiger partial charge < -0.3 is 15.5 Å². The lowest BCUT2D eigenvalue weighted by Gasteiger charge is -2.28. The van der Waals surface area contributed by atoms with E-state index in [2.05, 4.69) is 69.2 Å². The highest BCUT2D eigenvalue weighted by molar-refractivity contribution is 6.24. The van der Waals surface area contributed by atoms with Crippen molar-refractivity contribution in [3.8, 4) is 0 Å². The third-order valence-electron chi connectivity index (χ3n) is 11.9. The summed E-state index contributed by atoms with van der Waals surface area (Å²) in [4.78, 5) is 79.2. The zero-order valence-electron chi connectivity index (χ0n) is 34.7. The second-order valence-corrected chi connectivity index (χ2v) is 17.2. The van der Waals surface area contributed by atoms with Crippen molar-refractivity contribution in [2.24, 2.45) is 5.41 Å². The van der Waals surface area contributed by atoms with Crippen LogP contribution < -0.4 is 16.0 Å². The molecule has 6 amide bonds. The minimum absolute atomic E-state index is 0.00150. The molecule has 1 aliphatic carbocycles. The van der Waals surface area contributed by atoms with Crippen LogP contribution in [0.1, 0.15) is 139 Å². The van der Waals surface area contributed by atoms with Gasteiger partial charge in [0.15, 0.2) is 5.69 Å². The van der Waals surface area contributed by atoms with Gasteiger partial charge in [0, 0.05) is 42.5 Å². The third kappa shape index (κ3) is 9.90. The molecule has 4 heterocycles. The van der Waals surface area contributed by atoms with Gasteiger partial charge in [-0.1, -0.05) is 69.9 Å². The molecular formula is C45H55N9O6. The van der Waals surface area contributed by atoms with E-state index in [1.54, 1.807) is 12.3 Å². The molecule has 4 aromatic rings. The summed E-state index contributed by atoms with van der Waals surface area (Å²) in [6.45, 7) is 6.32. The Morgan fingerprint density at radius 3 is 2.43 bits per heavy atom. The predicted molar refractivity (Wildman–Crippen MR) is 225 cm³/mol. The Kier molecular flexibility index (Phi) is 13.0. The quantitative estimate of drug-likeness (QED) is 0.0684. The number of imide groups is 2. The van der Waals surface area contributed by atoms with E-state index in [9.17, 15) is 28.8 Å². The second-order valence-electron chi connectivity index (χ2n) is 17.2. The Hall–Kier alpha value is -5.96. The Labute approximate surface area is 350 Å². The van der Waals surface area contributed by atoms with Gasteiger partial charge in [-0.2, -0.15) is 10.2 Å². The molecule has 0 spiro atoms. The van der Waals surface area contributed by atoms with Crippen molar-refractivity contribution in [1.29, 1.82) is 0 Å². The molecule has 0 bridgehead atoms. The highest BCUT2D eigenvalue weighted by Gasteiger charge is 2.44. The van der Waals surface area contributed by atoms with Crippen LogP contribution in [0.4, 0.5) is 11.4 Å². The molecule has 0 saturated carbocycles. The Morgan fingerprint density at radius 2 is 1.65 bits per heavy atom. The fourth-order valence-corrected chi connectivity index (χ4v) is 8.53. The number of fused-ring (bicyclic) bond motifs is 2. The zero-order chi connectivity index (χ0) is 42.4. The van der Waals surface area contributed by atoms with Crippen LogP contribution in [0.2, 0.25) is 0 Å². The fraction of sp³-hybridized carbons (Fsp3) is 0.467. The van der Waals surface area contributed by atoms with Gasteiger partial charge in [-0.05, 0) is 87.7 Å². The average molecular weight is 818 g/mol. The lowest BCUT2D eigenvalue weighted by Crippen LogP contribution is -2.54. The summed E-state index contributed by atoms with van der Waals surface area (Å²) < 4.78 is 1.94. The number of amides is 6. The minimum atomic E-state index is -1.04. The molecule has 2 atom stereocenters. The molecule has 1 saturated heterocycles. The van der Waals surface area contributed by atoms with Crippen molar-refractivity contribution in [1.82, 2.24) is 35.1 Å². The highest BCUT2D eigenvalue weighted by atomic mass is 16.2. The summed E-state index contributed by atoms with van der Waals surface area (Å²) in [6.07, 6.45) is 13.6. The van der Waals surface area contributed by atoms with Crippen LogP contribution in [-0.4, -0.2) is 91.4 Å². The largest absolute Gasteiger partial charge is 0.326 e. The maximum absolute atomic E-state index is 13.3. The van der Waals surface area contributed by atoms with E-state index in [0.29, 0.717) is 23.5 Å². The number of aromatic amines is 1. The molecule has 2 aromatic carbocycles. The smallest absolute Gasteiger partial charge is 0.276 e.